The topological polar surface area (TPSA) is 0 Å². The highest BCUT2D eigenvalue weighted by Crippen LogP contribution is 2.41. The van der Waals surface area contributed by atoms with Crippen molar-refractivity contribution in [3.05, 3.63) is 113 Å². The predicted molar refractivity (Wildman–Crippen MR) is 129 cm³/mol. The lowest BCUT2D eigenvalue weighted by Crippen LogP contribution is -2.02. The maximum absolute atomic E-state index is 13.6. The van der Waals surface area contributed by atoms with Crippen molar-refractivity contribution in [1.29, 1.82) is 0 Å². The third-order valence-corrected chi connectivity index (χ3v) is 5.88. The van der Waals surface area contributed by atoms with E-state index in [-0.39, 0.29) is 5.82 Å². The molecular formula is C29H31F. The second-order valence-electron chi connectivity index (χ2n) is 8.14. The van der Waals surface area contributed by atoms with Gasteiger partial charge >= 0.3 is 0 Å². The summed E-state index contributed by atoms with van der Waals surface area (Å²) in [4.78, 5) is 0. The number of hydrogen-bond acceptors (Lipinski definition) is 0. The molecule has 0 saturated carbocycles. The molecule has 154 valence electrons. The molecule has 0 aliphatic rings. The van der Waals surface area contributed by atoms with Crippen LogP contribution in [0, 0.1) is 11.7 Å². The van der Waals surface area contributed by atoms with Crippen LogP contribution in [-0.2, 0) is 6.42 Å². The number of hydrogen-bond donors (Lipinski definition) is 0. The number of allylic oxidation sites excluding steroid dienone is 4. The molecule has 0 bridgehead atoms. The molecule has 3 aromatic carbocycles. The second kappa shape index (κ2) is 9.71. The zero-order valence-electron chi connectivity index (χ0n) is 18.7. The highest BCUT2D eigenvalue weighted by Gasteiger charge is 2.19. The fourth-order valence-corrected chi connectivity index (χ4v) is 3.76. The number of halogens is 1. The van der Waals surface area contributed by atoms with E-state index in [1.54, 1.807) is 0 Å². The zero-order chi connectivity index (χ0) is 21.7. The Bertz CT molecular complexity index is 1030. The Kier molecular flexibility index (Phi) is 7.05. The van der Waals surface area contributed by atoms with E-state index < -0.39 is 0 Å². The lowest BCUT2D eigenvalue weighted by Gasteiger charge is -2.22. The van der Waals surface area contributed by atoms with Gasteiger partial charge in [-0.15, -0.1) is 0 Å². The van der Waals surface area contributed by atoms with Gasteiger partial charge in [0, 0.05) is 0 Å². The van der Waals surface area contributed by atoms with Crippen LogP contribution in [0.3, 0.4) is 0 Å². The van der Waals surface area contributed by atoms with E-state index >= 15 is 0 Å². The van der Waals surface area contributed by atoms with Crippen molar-refractivity contribution in [2.24, 2.45) is 5.92 Å². The SMILES string of the molecule is CCc1ccc(C(/C(=C(\C)c2ccc(F)cc2)c2ccccc2)=C(/C)C(C)C)cc1. The van der Waals surface area contributed by atoms with Gasteiger partial charge in [0.1, 0.15) is 5.82 Å². The third kappa shape index (κ3) is 4.79. The van der Waals surface area contributed by atoms with E-state index in [9.17, 15) is 4.39 Å². The second-order valence-corrected chi connectivity index (χ2v) is 8.14. The Labute approximate surface area is 180 Å². The first-order valence-electron chi connectivity index (χ1n) is 10.7. The van der Waals surface area contributed by atoms with Crippen LogP contribution in [-0.4, -0.2) is 0 Å². The molecule has 0 aliphatic carbocycles. The Morgan fingerprint density at radius 1 is 0.700 bits per heavy atom. The van der Waals surface area contributed by atoms with Gasteiger partial charge in [-0.1, -0.05) is 93.1 Å². The molecular weight excluding hydrogens is 367 g/mol. The molecule has 0 radical (unpaired) electrons. The average Bonchev–Trinajstić information content (AvgIpc) is 2.77. The summed E-state index contributed by atoms with van der Waals surface area (Å²) < 4.78 is 13.6. The minimum atomic E-state index is -0.211. The fourth-order valence-electron chi connectivity index (χ4n) is 3.76. The molecule has 0 unspecified atom stereocenters. The first kappa shape index (κ1) is 21.8. The van der Waals surface area contributed by atoms with Gasteiger partial charge in [-0.25, -0.2) is 4.39 Å². The first-order valence-corrected chi connectivity index (χ1v) is 10.7. The van der Waals surface area contributed by atoms with E-state index in [1.807, 2.05) is 18.2 Å². The maximum Gasteiger partial charge on any atom is 0.123 e. The van der Waals surface area contributed by atoms with Crippen LogP contribution in [0.1, 0.15) is 56.9 Å². The van der Waals surface area contributed by atoms with Gasteiger partial charge in [-0.3, -0.25) is 0 Å². The molecule has 0 fully saturated rings. The molecule has 0 atom stereocenters. The Morgan fingerprint density at radius 3 is 1.77 bits per heavy atom. The van der Waals surface area contributed by atoms with Crippen LogP contribution in [0.5, 0.6) is 0 Å². The smallest absolute Gasteiger partial charge is 0.123 e. The van der Waals surface area contributed by atoms with Gasteiger partial charge in [0.05, 0.1) is 0 Å². The summed E-state index contributed by atoms with van der Waals surface area (Å²) in [5, 5.41) is 0. The zero-order valence-corrected chi connectivity index (χ0v) is 18.7. The molecule has 0 nitrogen and oxygen atoms in total. The molecule has 0 saturated heterocycles. The van der Waals surface area contributed by atoms with Crippen molar-refractivity contribution >= 4 is 16.7 Å². The van der Waals surface area contributed by atoms with E-state index in [4.69, 9.17) is 0 Å². The van der Waals surface area contributed by atoms with E-state index in [1.165, 1.54) is 45.5 Å². The molecule has 0 heterocycles. The number of benzene rings is 3. The molecule has 0 aromatic heterocycles. The molecule has 0 N–H and O–H groups in total. The summed E-state index contributed by atoms with van der Waals surface area (Å²) in [6, 6.07) is 26.3. The molecule has 30 heavy (non-hydrogen) atoms. The van der Waals surface area contributed by atoms with Crippen molar-refractivity contribution in [2.75, 3.05) is 0 Å². The summed E-state index contributed by atoms with van der Waals surface area (Å²) in [5.41, 5.74) is 9.73. The summed E-state index contributed by atoms with van der Waals surface area (Å²) in [7, 11) is 0. The molecule has 3 aromatic rings. The van der Waals surface area contributed by atoms with Crippen molar-refractivity contribution in [1.82, 2.24) is 0 Å². The monoisotopic (exact) mass is 398 g/mol. The number of rotatable bonds is 6. The van der Waals surface area contributed by atoms with Crippen molar-refractivity contribution < 1.29 is 4.39 Å². The van der Waals surface area contributed by atoms with Crippen LogP contribution >= 0.6 is 0 Å². The van der Waals surface area contributed by atoms with Gasteiger partial charge in [0.25, 0.3) is 0 Å². The molecule has 0 amide bonds. The normalized spacial score (nSPS) is 13.2. The average molecular weight is 399 g/mol. The lowest BCUT2D eigenvalue weighted by atomic mass is 9.82. The third-order valence-electron chi connectivity index (χ3n) is 5.88. The standard InChI is InChI=1S/C29H31F/c1-6-23-12-14-26(15-13-23)28(21(4)20(2)3)29(25-10-8-7-9-11-25)22(5)24-16-18-27(30)19-17-24/h7-20H,6H2,1-5H3/b28-21+,29-22+. The minimum Gasteiger partial charge on any atom is -0.207 e. The lowest BCUT2D eigenvalue weighted by molar-refractivity contribution is 0.627. The van der Waals surface area contributed by atoms with Crippen LogP contribution in [0.4, 0.5) is 4.39 Å². The summed E-state index contributed by atoms with van der Waals surface area (Å²) in [6.07, 6.45) is 1.03. The van der Waals surface area contributed by atoms with Crippen molar-refractivity contribution in [3.63, 3.8) is 0 Å². The summed E-state index contributed by atoms with van der Waals surface area (Å²) in [5.74, 6) is 0.197. The van der Waals surface area contributed by atoms with E-state index in [0.717, 1.165) is 17.6 Å². The van der Waals surface area contributed by atoms with E-state index in [0.29, 0.717) is 5.92 Å². The molecule has 3 rings (SSSR count). The Morgan fingerprint density at radius 2 is 1.23 bits per heavy atom. The van der Waals surface area contributed by atoms with Gasteiger partial charge in [0.2, 0.25) is 0 Å². The van der Waals surface area contributed by atoms with Gasteiger partial charge in [-0.2, -0.15) is 0 Å². The van der Waals surface area contributed by atoms with Crippen LogP contribution in [0.15, 0.2) is 84.4 Å². The van der Waals surface area contributed by atoms with Gasteiger partial charge in [-0.05, 0) is 77.3 Å². The molecule has 0 spiro atoms. The first-order chi connectivity index (χ1) is 14.4. The summed E-state index contributed by atoms with van der Waals surface area (Å²) in [6.45, 7) is 11.0. The Balaban J connectivity index is 2.33. The summed E-state index contributed by atoms with van der Waals surface area (Å²) >= 11 is 0. The van der Waals surface area contributed by atoms with Gasteiger partial charge in [0.15, 0.2) is 0 Å². The number of aryl methyl sites for hydroxylation is 1. The van der Waals surface area contributed by atoms with Gasteiger partial charge < -0.3 is 0 Å². The fraction of sp³-hybridized carbons (Fsp3) is 0.241. The maximum atomic E-state index is 13.6. The van der Waals surface area contributed by atoms with Crippen LogP contribution < -0.4 is 0 Å². The Hall–Kier alpha value is -2.93. The predicted octanol–water partition coefficient (Wildman–Crippen LogP) is 8.45. The molecule has 1 heteroatoms. The largest absolute Gasteiger partial charge is 0.207 e. The quantitative estimate of drug-likeness (QED) is 0.288. The van der Waals surface area contributed by atoms with E-state index in [2.05, 4.69) is 83.1 Å². The van der Waals surface area contributed by atoms with Crippen molar-refractivity contribution in [2.45, 2.75) is 41.0 Å². The highest BCUT2D eigenvalue weighted by molar-refractivity contribution is 6.15. The minimum absolute atomic E-state index is 0.211. The molecule has 0 aliphatic heterocycles. The van der Waals surface area contributed by atoms with Crippen molar-refractivity contribution in [3.8, 4) is 0 Å². The van der Waals surface area contributed by atoms with Crippen LogP contribution in [0.25, 0.3) is 16.7 Å². The van der Waals surface area contributed by atoms with Crippen LogP contribution in [0.2, 0.25) is 0 Å². The highest BCUT2D eigenvalue weighted by atomic mass is 19.1.